The van der Waals surface area contributed by atoms with Gasteiger partial charge in [0.2, 0.25) is 0 Å². The summed E-state index contributed by atoms with van der Waals surface area (Å²) in [6, 6.07) is 1.42. The number of pyridine rings is 1. The number of thioether (sulfide) groups is 1. The Balaban J connectivity index is 2.14. The minimum atomic E-state index is -1.02. The molecule has 0 bridgehead atoms. The molecule has 0 radical (unpaired) electrons. The third-order valence-electron chi connectivity index (χ3n) is 1.94. The molecular weight excluding hydrogens is 238 g/mol. The average Bonchev–Trinajstić information content (AvgIpc) is 2.12. The number of halogens is 1. The molecule has 2 rings (SSSR count). The Hall–Kier alpha value is -0.780. The summed E-state index contributed by atoms with van der Waals surface area (Å²) in [6.07, 6.45) is 1.32. The van der Waals surface area contributed by atoms with Crippen molar-refractivity contribution >= 4 is 29.3 Å². The molecule has 1 fully saturated rings. The zero-order valence-electron chi connectivity index (χ0n) is 7.64. The van der Waals surface area contributed by atoms with Crippen LogP contribution in [-0.4, -0.2) is 34.5 Å². The van der Waals surface area contributed by atoms with Gasteiger partial charge >= 0.3 is 5.97 Å². The third-order valence-corrected chi connectivity index (χ3v) is 3.49. The predicted octanol–water partition coefficient (Wildman–Crippen LogP) is 1.92. The highest BCUT2D eigenvalue weighted by Crippen LogP contribution is 2.31. The summed E-state index contributed by atoms with van der Waals surface area (Å²) in [7, 11) is 0. The predicted molar refractivity (Wildman–Crippen MR) is 56.7 cm³/mol. The molecule has 0 saturated carbocycles. The Morgan fingerprint density at radius 1 is 1.67 bits per heavy atom. The average molecular weight is 246 g/mol. The molecule has 6 heteroatoms. The minimum Gasteiger partial charge on any atom is -0.478 e. The number of carbonyl (C=O) groups is 1. The zero-order valence-corrected chi connectivity index (χ0v) is 9.22. The molecule has 4 nitrogen and oxygen atoms in total. The lowest BCUT2D eigenvalue weighted by atomic mass is 10.3. The summed E-state index contributed by atoms with van der Waals surface area (Å²) < 4.78 is 5.02. The van der Waals surface area contributed by atoms with Crippen LogP contribution in [0.4, 0.5) is 0 Å². The van der Waals surface area contributed by atoms with Crippen molar-refractivity contribution in [3.05, 3.63) is 22.8 Å². The monoisotopic (exact) mass is 245 g/mol. The molecule has 0 spiro atoms. The van der Waals surface area contributed by atoms with Gasteiger partial charge < -0.3 is 9.84 Å². The number of aromatic carboxylic acids is 1. The molecule has 0 aromatic carbocycles. The third kappa shape index (κ3) is 2.42. The summed E-state index contributed by atoms with van der Waals surface area (Å²) >= 11 is 7.43. The van der Waals surface area contributed by atoms with E-state index in [-0.39, 0.29) is 5.56 Å². The van der Waals surface area contributed by atoms with Crippen molar-refractivity contribution in [3.8, 4) is 0 Å². The van der Waals surface area contributed by atoms with E-state index in [2.05, 4.69) is 4.98 Å². The van der Waals surface area contributed by atoms with Crippen LogP contribution >= 0.6 is 23.4 Å². The number of ether oxygens (including phenoxy) is 1. The van der Waals surface area contributed by atoms with E-state index in [1.54, 1.807) is 0 Å². The molecule has 0 atom stereocenters. The quantitative estimate of drug-likeness (QED) is 0.882. The second-order valence-corrected chi connectivity index (χ2v) is 4.79. The maximum Gasteiger partial charge on any atom is 0.337 e. The van der Waals surface area contributed by atoms with Crippen molar-refractivity contribution in [2.24, 2.45) is 0 Å². The number of hydrogen-bond donors (Lipinski definition) is 1. The van der Waals surface area contributed by atoms with Crippen molar-refractivity contribution < 1.29 is 14.6 Å². The van der Waals surface area contributed by atoms with E-state index in [1.165, 1.54) is 24.0 Å². The molecule has 1 aliphatic heterocycles. The molecule has 0 unspecified atom stereocenters. The summed E-state index contributed by atoms with van der Waals surface area (Å²) in [4.78, 5) is 14.6. The SMILES string of the molecule is O=C(O)c1cnc(SC2COC2)c(Cl)c1. The molecule has 1 saturated heterocycles. The first-order chi connectivity index (χ1) is 7.16. The standard InChI is InChI=1S/C9H8ClNO3S/c10-7-1-5(9(12)13)2-11-8(7)15-6-3-14-4-6/h1-2,6H,3-4H2,(H,12,13). The smallest absolute Gasteiger partial charge is 0.337 e. The minimum absolute atomic E-state index is 0.106. The molecule has 2 heterocycles. The van der Waals surface area contributed by atoms with Gasteiger partial charge in [-0.2, -0.15) is 0 Å². The Kier molecular flexibility index (Phi) is 3.14. The number of rotatable bonds is 3. The second kappa shape index (κ2) is 4.38. The first kappa shape index (κ1) is 10.7. The molecular formula is C9H8ClNO3S. The van der Waals surface area contributed by atoms with Gasteiger partial charge in [-0.1, -0.05) is 23.4 Å². The molecule has 80 valence electrons. The second-order valence-electron chi connectivity index (χ2n) is 3.09. The van der Waals surface area contributed by atoms with Gasteiger partial charge in [-0.15, -0.1) is 0 Å². The van der Waals surface area contributed by atoms with Crippen LogP contribution < -0.4 is 0 Å². The number of aromatic nitrogens is 1. The normalized spacial score (nSPS) is 16.1. The van der Waals surface area contributed by atoms with E-state index in [0.717, 1.165) is 0 Å². The van der Waals surface area contributed by atoms with E-state index >= 15 is 0 Å². The summed E-state index contributed by atoms with van der Waals surface area (Å²) in [5.41, 5.74) is 0.106. The molecule has 15 heavy (non-hydrogen) atoms. The molecule has 1 aromatic rings. The Morgan fingerprint density at radius 2 is 2.40 bits per heavy atom. The summed E-state index contributed by atoms with van der Waals surface area (Å²) in [5.74, 6) is -1.02. The van der Waals surface area contributed by atoms with Crippen molar-refractivity contribution in [3.63, 3.8) is 0 Å². The zero-order chi connectivity index (χ0) is 10.8. The van der Waals surface area contributed by atoms with E-state index < -0.39 is 5.97 Å². The van der Waals surface area contributed by atoms with Gasteiger partial charge in [0.15, 0.2) is 0 Å². The van der Waals surface area contributed by atoms with Crippen molar-refractivity contribution in [2.75, 3.05) is 13.2 Å². The Bertz CT molecular complexity index is 395. The van der Waals surface area contributed by atoms with E-state index in [1.807, 2.05) is 0 Å². The van der Waals surface area contributed by atoms with Crippen LogP contribution in [0, 0.1) is 0 Å². The van der Waals surface area contributed by atoms with Gasteiger partial charge in [-0.05, 0) is 6.07 Å². The lowest BCUT2D eigenvalue weighted by Crippen LogP contribution is -2.30. The van der Waals surface area contributed by atoms with Crippen molar-refractivity contribution in [1.82, 2.24) is 4.98 Å². The van der Waals surface area contributed by atoms with Crippen LogP contribution in [0.15, 0.2) is 17.3 Å². The van der Waals surface area contributed by atoms with Gasteiger partial charge in [0.05, 0.1) is 29.0 Å². The van der Waals surface area contributed by atoms with Gasteiger partial charge in [0.25, 0.3) is 0 Å². The van der Waals surface area contributed by atoms with E-state index in [4.69, 9.17) is 21.4 Å². The maximum absolute atomic E-state index is 10.6. The first-order valence-corrected chi connectivity index (χ1v) is 5.56. The fraction of sp³-hybridized carbons (Fsp3) is 0.333. The van der Waals surface area contributed by atoms with E-state index in [0.29, 0.717) is 28.5 Å². The topological polar surface area (TPSA) is 59.4 Å². The highest BCUT2D eigenvalue weighted by molar-refractivity contribution is 8.00. The first-order valence-electron chi connectivity index (χ1n) is 4.30. The highest BCUT2D eigenvalue weighted by atomic mass is 35.5. The highest BCUT2D eigenvalue weighted by Gasteiger charge is 2.21. The number of nitrogens with zero attached hydrogens (tertiary/aromatic N) is 1. The van der Waals surface area contributed by atoms with Gasteiger partial charge in [0.1, 0.15) is 5.03 Å². The molecule has 1 aliphatic rings. The molecule has 1 aromatic heterocycles. The van der Waals surface area contributed by atoms with Crippen molar-refractivity contribution in [1.29, 1.82) is 0 Å². The maximum atomic E-state index is 10.6. The number of carboxylic acid groups (broad SMARTS) is 1. The Labute approximate surface area is 95.6 Å². The van der Waals surface area contributed by atoms with Crippen LogP contribution in [0.1, 0.15) is 10.4 Å². The van der Waals surface area contributed by atoms with Gasteiger partial charge in [0, 0.05) is 6.20 Å². The fourth-order valence-electron chi connectivity index (χ4n) is 1.07. The van der Waals surface area contributed by atoms with Gasteiger partial charge in [-0.25, -0.2) is 9.78 Å². The summed E-state index contributed by atoms with van der Waals surface area (Å²) in [6.45, 7) is 1.40. The number of carboxylic acids is 1. The molecule has 1 N–H and O–H groups in total. The van der Waals surface area contributed by atoms with Crippen molar-refractivity contribution in [2.45, 2.75) is 10.3 Å². The van der Waals surface area contributed by atoms with Gasteiger partial charge in [-0.3, -0.25) is 0 Å². The van der Waals surface area contributed by atoms with Crippen LogP contribution in [-0.2, 0) is 4.74 Å². The number of hydrogen-bond acceptors (Lipinski definition) is 4. The Morgan fingerprint density at radius 3 is 2.87 bits per heavy atom. The van der Waals surface area contributed by atoms with E-state index in [9.17, 15) is 4.79 Å². The molecule has 0 amide bonds. The van der Waals surface area contributed by atoms with Crippen LogP contribution in [0.5, 0.6) is 0 Å². The lowest BCUT2D eigenvalue weighted by Gasteiger charge is -2.24. The fourth-order valence-corrected chi connectivity index (χ4v) is 2.30. The largest absolute Gasteiger partial charge is 0.478 e. The lowest BCUT2D eigenvalue weighted by molar-refractivity contribution is 0.0454. The van der Waals surface area contributed by atoms with Crippen LogP contribution in [0.25, 0.3) is 0 Å². The van der Waals surface area contributed by atoms with Crippen LogP contribution in [0.3, 0.4) is 0 Å². The summed E-state index contributed by atoms with van der Waals surface area (Å²) in [5, 5.41) is 10.1. The van der Waals surface area contributed by atoms with Crippen LogP contribution in [0.2, 0.25) is 5.02 Å². The molecule has 0 aliphatic carbocycles.